The summed E-state index contributed by atoms with van der Waals surface area (Å²) in [7, 11) is 0. The summed E-state index contributed by atoms with van der Waals surface area (Å²) in [6, 6.07) is 8.03. The summed E-state index contributed by atoms with van der Waals surface area (Å²) in [5, 5.41) is 0. The monoisotopic (exact) mass is 335 g/mol. The van der Waals surface area contributed by atoms with Gasteiger partial charge in [0.2, 0.25) is 0 Å². The number of hydrogen-bond donors (Lipinski definition) is 1. The Labute approximate surface area is 127 Å². The Balaban J connectivity index is 1.99. The van der Waals surface area contributed by atoms with Crippen molar-refractivity contribution in [2.45, 2.75) is 32.4 Å². The van der Waals surface area contributed by atoms with Crippen molar-refractivity contribution in [1.29, 1.82) is 0 Å². The smallest absolute Gasteiger partial charge is 0.166 e. The van der Waals surface area contributed by atoms with Gasteiger partial charge in [0.05, 0.1) is 4.47 Å². The van der Waals surface area contributed by atoms with Crippen LogP contribution in [0.1, 0.15) is 24.7 Å². The predicted octanol–water partition coefficient (Wildman–Crippen LogP) is 3.10. The van der Waals surface area contributed by atoms with Gasteiger partial charge in [0.25, 0.3) is 0 Å². The van der Waals surface area contributed by atoms with E-state index in [1.54, 1.807) is 18.5 Å². The Bertz CT molecular complexity index is 548. The SMILES string of the molecule is CCC(N)Cc1ccc(OCc2ncccn2)c(Br)c1. The summed E-state index contributed by atoms with van der Waals surface area (Å²) in [5.41, 5.74) is 7.17. The maximum absolute atomic E-state index is 5.96. The van der Waals surface area contributed by atoms with Crippen molar-refractivity contribution in [2.75, 3.05) is 0 Å². The van der Waals surface area contributed by atoms with Crippen molar-refractivity contribution < 1.29 is 4.74 Å². The number of rotatable bonds is 6. The molecule has 0 bridgehead atoms. The summed E-state index contributed by atoms with van der Waals surface area (Å²) in [4.78, 5) is 8.25. The van der Waals surface area contributed by atoms with Gasteiger partial charge in [0.15, 0.2) is 5.82 Å². The molecule has 0 saturated carbocycles. The van der Waals surface area contributed by atoms with E-state index in [1.807, 2.05) is 12.1 Å². The molecule has 1 atom stereocenters. The van der Waals surface area contributed by atoms with Crippen molar-refractivity contribution in [3.63, 3.8) is 0 Å². The molecule has 0 fully saturated rings. The summed E-state index contributed by atoms with van der Waals surface area (Å²) in [6.45, 7) is 2.45. The van der Waals surface area contributed by atoms with Crippen molar-refractivity contribution in [1.82, 2.24) is 9.97 Å². The molecule has 0 amide bonds. The molecule has 2 aromatic rings. The first-order valence-electron chi connectivity index (χ1n) is 6.61. The second-order valence-corrected chi connectivity index (χ2v) is 5.45. The van der Waals surface area contributed by atoms with Gasteiger partial charge in [-0.25, -0.2) is 9.97 Å². The van der Waals surface area contributed by atoms with Gasteiger partial charge < -0.3 is 10.5 Å². The van der Waals surface area contributed by atoms with E-state index in [9.17, 15) is 0 Å². The fraction of sp³-hybridized carbons (Fsp3) is 0.333. The van der Waals surface area contributed by atoms with Gasteiger partial charge in [-0.3, -0.25) is 0 Å². The summed E-state index contributed by atoms with van der Waals surface area (Å²) < 4.78 is 6.63. The highest BCUT2D eigenvalue weighted by Crippen LogP contribution is 2.27. The topological polar surface area (TPSA) is 61.0 Å². The molecule has 1 unspecified atom stereocenters. The molecule has 0 saturated heterocycles. The zero-order valence-corrected chi connectivity index (χ0v) is 13.0. The van der Waals surface area contributed by atoms with E-state index in [0.717, 1.165) is 23.1 Å². The Morgan fingerprint density at radius 1 is 1.30 bits per heavy atom. The number of nitrogens with zero attached hydrogens (tertiary/aromatic N) is 2. The molecular formula is C15H18BrN3O. The van der Waals surface area contributed by atoms with E-state index in [4.69, 9.17) is 10.5 Å². The van der Waals surface area contributed by atoms with Crippen LogP contribution in [0, 0.1) is 0 Å². The summed E-state index contributed by atoms with van der Waals surface area (Å²) in [6.07, 6.45) is 5.25. The molecule has 4 nitrogen and oxygen atoms in total. The van der Waals surface area contributed by atoms with Gasteiger partial charge in [-0.1, -0.05) is 13.0 Å². The van der Waals surface area contributed by atoms with Crippen molar-refractivity contribution >= 4 is 15.9 Å². The van der Waals surface area contributed by atoms with Crippen molar-refractivity contribution in [2.24, 2.45) is 5.73 Å². The van der Waals surface area contributed by atoms with Crippen LogP contribution in [0.2, 0.25) is 0 Å². The minimum atomic E-state index is 0.200. The molecule has 2 rings (SSSR count). The van der Waals surface area contributed by atoms with E-state index in [2.05, 4.69) is 38.9 Å². The minimum absolute atomic E-state index is 0.200. The van der Waals surface area contributed by atoms with Crippen LogP contribution in [0.3, 0.4) is 0 Å². The highest BCUT2D eigenvalue weighted by molar-refractivity contribution is 9.10. The predicted molar refractivity (Wildman–Crippen MR) is 82.5 cm³/mol. The van der Waals surface area contributed by atoms with Crippen LogP contribution in [0.15, 0.2) is 41.1 Å². The standard InChI is InChI=1S/C15H18BrN3O/c1-2-12(17)8-11-4-5-14(13(16)9-11)20-10-15-18-6-3-7-19-15/h3-7,9,12H,2,8,10,17H2,1H3. The van der Waals surface area contributed by atoms with Crippen LogP contribution in [0.25, 0.3) is 0 Å². The maximum Gasteiger partial charge on any atom is 0.166 e. The van der Waals surface area contributed by atoms with Crippen molar-refractivity contribution in [3.8, 4) is 5.75 Å². The fourth-order valence-electron chi connectivity index (χ4n) is 1.78. The average molecular weight is 336 g/mol. The molecule has 0 aliphatic rings. The van der Waals surface area contributed by atoms with E-state index in [1.165, 1.54) is 5.56 Å². The lowest BCUT2D eigenvalue weighted by Crippen LogP contribution is -2.21. The first-order chi connectivity index (χ1) is 9.69. The second-order valence-electron chi connectivity index (χ2n) is 4.59. The van der Waals surface area contributed by atoms with Gasteiger partial charge in [-0.05, 0) is 52.5 Å². The van der Waals surface area contributed by atoms with Crippen LogP contribution in [-0.2, 0) is 13.0 Å². The van der Waals surface area contributed by atoms with Gasteiger partial charge in [0, 0.05) is 18.4 Å². The molecule has 5 heteroatoms. The maximum atomic E-state index is 5.96. The van der Waals surface area contributed by atoms with Crippen LogP contribution in [0.5, 0.6) is 5.75 Å². The molecular weight excluding hydrogens is 318 g/mol. The molecule has 2 N–H and O–H groups in total. The number of ether oxygens (including phenoxy) is 1. The van der Waals surface area contributed by atoms with Gasteiger partial charge in [0.1, 0.15) is 12.4 Å². The third-order valence-electron chi connectivity index (χ3n) is 2.99. The first kappa shape index (κ1) is 14.9. The van der Waals surface area contributed by atoms with Gasteiger partial charge >= 0.3 is 0 Å². The average Bonchev–Trinajstić information content (AvgIpc) is 2.47. The molecule has 1 aromatic carbocycles. The molecule has 1 aromatic heterocycles. The molecule has 106 valence electrons. The minimum Gasteiger partial charge on any atom is -0.484 e. The number of hydrogen-bond acceptors (Lipinski definition) is 4. The highest BCUT2D eigenvalue weighted by Gasteiger charge is 2.06. The third-order valence-corrected chi connectivity index (χ3v) is 3.61. The molecule has 1 heterocycles. The molecule has 0 aliphatic carbocycles. The van der Waals surface area contributed by atoms with E-state index < -0.39 is 0 Å². The molecule has 20 heavy (non-hydrogen) atoms. The fourth-order valence-corrected chi connectivity index (χ4v) is 2.32. The lowest BCUT2D eigenvalue weighted by atomic mass is 10.0. The van der Waals surface area contributed by atoms with E-state index >= 15 is 0 Å². The largest absolute Gasteiger partial charge is 0.484 e. The van der Waals surface area contributed by atoms with E-state index in [0.29, 0.717) is 12.4 Å². The lowest BCUT2D eigenvalue weighted by Gasteiger charge is -2.11. The van der Waals surface area contributed by atoms with Crippen LogP contribution >= 0.6 is 15.9 Å². The van der Waals surface area contributed by atoms with Crippen LogP contribution in [0.4, 0.5) is 0 Å². The number of halogens is 1. The summed E-state index contributed by atoms with van der Waals surface area (Å²) in [5.74, 6) is 1.45. The lowest BCUT2D eigenvalue weighted by molar-refractivity contribution is 0.294. The Morgan fingerprint density at radius 3 is 2.70 bits per heavy atom. The highest BCUT2D eigenvalue weighted by atomic mass is 79.9. The molecule has 0 spiro atoms. The zero-order valence-electron chi connectivity index (χ0n) is 11.4. The molecule has 0 aliphatic heterocycles. The normalized spacial score (nSPS) is 12.2. The third kappa shape index (κ3) is 4.28. The number of nitrogens with two attached hydrogens (primary N) is 1. The van der Waals surface area contributed by atoms with Gasteiger partial charge in [-0.15, -0.1) is 0 Å². The Morgan fingerprint density at radius 2 is 2.05 bits per heavy atom. The number of aromatic nitrogens is 2. The quantitative estimate of drug-likeness (QED) is 0.881. The van der Waals surface area contributed by atoms with Crippen molar-refractivity contribution in [3.05, 3.63) is 52.5 Å². The summed E-state index contributed by atoms with van der Waals surface area (Å²) >= 11 is 3.53. The zero-order chi connectivity index (χ0) is 14.4. The Kier molecular flexibility index (Phi) is 5.49. The number of benzene rings is 1. The molecule has 0 radical (unpaired) electrons. The van der Waals surface area contributed by atoms with E-state index in [-0.39, 0.29) is 6.04 Å². The second kappa shape index (κ2) is 7.36. The van der Waals surface area contributed by atoms with Crippen LogP contribution < -0.4 is 10.5 Å². The first-order valence-corrected chi connectivity index (χ1v) is 7.41. The van der Waals surface area contributed by atoms with Gasteiger partial charge in [-0.2, -0.15) is 0 Å². The van der Waals surface area contributed by atoms with Crippen LogP contribution in [-0.4, -0.2) is 16.0 Å². The Hall–Kier alpha value is -1.46.